The molecule has 0 spiro atoms. The fraction of sp³-hybridized carbons (Fsp3) is 0.280. The number of aromatic nitrogens is 3. The van der Waals surface area contributed by atoms with Crippen LogP contribution in [0, 0.1) is 13.8 Å². The van der Waals surface area contributed by atoms with Crippen LogP contribution in [0.4, 0.5) is 10.5 Å². The third-order valence-electron chi connectivity index (χ3n) is 6.20. The number of fused-ring (bicyclic) bond motifs is 1. The third kappa shape index (κ3) is 4.69. The molecule has 4 aromatic heterocycles. The second kappa shape index (κ2) is 9.38. The number of hydrogen-bond donors (Lipinski definition) is 2. The SMILES string of the molecule is Cc1ccc(CNC(=O)c2cc(N3CCN(C(N)=O)CC3)c3ncc(-c4ccc(C)s4)n3c2)cn1. The zero-order chi connectivity index (χ0) is 24.5. The molecule has 0 aliphatic carbocycles. The molecule has 9 nitrogen and oxygen atoms in total. The Morgan fingerprint density at radius 3 is 2.51 bits per heavy atom. The molecule has 0 bridgehead atoms. The van der Waals surface area contributed by atoms with E-state index in [4.69, 9.17) is 10.7 Å². The molecule has 0 saturated carbocycles. The van der Waals surface area contributed by atoms with Gasteiger partial charge in [0.2, 0.25) is 0 Å². The predicted octanol–water partition coefficient (Wildman–Crippen LogP) is 3.21. The molecule has 0 radical (unpaired) electrons. The molecule has 5 heterocycles. The van der Waals surface area contributed by atoms with Crippen LogP contribution in [0.2, 0.25) is 0 Å². The van der Waals surface area contributed by atoms with Gasteiger partial charge < -0.3 is 20.9 Å². The summed E-state index contributed by atoms with van der Waals surface area (Å²) in [6.45, 7) is 6.65. The highest BCUT2D eigenvalue weighted by molar-refractivity contribution is 7.15. The molecular weight excluding hydrogens is 462 g/mol. The number of primary amides is 1. The summed E-state index contributed by atoms with van der Waals surface area (Å²) in [5, 5.41) is 3.01. The molecule has 1 aliphatic rings. The maximum absolute atomic E-state index is 13.2. The van der Waals surface area contributed by atoms with Gasteiger partial charge in [-0.1, -0.05) is 6.07 Å². The van der Waals surface area contributed by atoms with E-state index in [0.29, 0.717) is 38.3 Å². The molecule has 1 saturated heterocycles. The number of pyridine rings is 2. The fourth-order valence-electron chi connectivity index (χ4n) is 4.24. The van der Waals surface area contributed by atoms with Crippen molar-refractivity contribution in [2.45, 2.75) is 20.4 Å². The fourth-order valence-corrected chi connectivity index (χ4v) is 5.11. The van der Waals surface area contributed by atoms with Gasteiger partial charge in [-0.3, -0.25) is 14.2 Å². The van der Waals surface area contributed by atoms with E-state index >= 15 is 0 Å². The number of amides is 3. The second-order valence-corrected chi connectivity index (χ2v) is 9.95. The summed E-state index contributed by atoms with van der Waals surface area (Å²) in [5.41, 5.74) is 10.4. The van der Waals surface area contributed by atoms with Crippen LogP contribution in [0.15, 0.2) is 48.9 Å². The summed E-state index contributed by atoms with van der Waals surface area (Å²) in [6, 6.07) is 9.51. The molecule has 10 heteroatoms. The number of nitrogens with two attached hydrogens (primary N) is 1. The predicted molar refractivity (Wildman–Crippen MR) is 137 cm³/mol. The lowest BCUT2D eigenvalue weighted by Gasteiger charge is -2.35. The van der Waals surface area contributed by atoms with E-state index in [0.717, 1.165) is 33.2 Å². The second-order valence-electron chi connectivity index (χ2n) is 8.66. The lowest BCUT2D eigenvalue weighted by Crippen LogP contribution is -2.50. The van der Waals surface area contributed by atoms with E-state index in [-0.39, 0.29) is 5.91 Å². The molecule has 0 unspecified atom stereocenters. The van der Waals surface area contributed by atoms with Crippen LogP contribution in [0.1, 0.15) is 26.5 Å². The van der Waals surface area contributed by atoms with Gasteiger partial charge in [0.1, 0.15) is 0 Å². The average Bonchev–Trinajstić information content (AvgIpc) is 3.48. The number of imidazole rings is 1. The van der Waals surface area contributed by atoms with Gasteiger partial charge >= 0.3 is 6.03 Å². The zero-order valence-electron chi connectivity index (χ0n) is 19.7. The van der Waals surface area contributed by atoms with E-state index in [9.17, 15) is 9.59 Å². The highest BCUT2D eigenvalue weighted by Gasteiger charge is 2.24. The first kappa shape index (κ1) is 22.9. The van der Waals surface area contributed by atoms with Crippen LogP contribution in [0.25, 0.3) is 16.2 Å². The highest BCUT2D eigenvalue weighted by atomic mass is 32.1. The summed E-state index contributed by atoms with van der Waals surface area (Å²) in [6.07, 6.45) is 5.47. The van der Waals surface area contributed by atoms with E-state index < -0.39 is 6.03 Å². The maximum Gasteiger partial charge on any atom is 0.314 e. The van der Waals surface area contributed by atoms with Crippen LogP contribution in [0.5, 0.6) is 0 Å². The van der Waals surface area contributed by atoms with Gasteiger partial charge in [0.05, 0.1) is 28.0 Å². The van der Waals surface area contributed by atoms with Crippen molar-refractivity contribution in [2.24, 2.45) is 5.73 Å². The molecular formula is C25H27N7O2S. The number of urea groups is 1. The van der Waals surface area contributed by atoms with Crippen molar-refractivity contribution in [3.8, 4) is 10.6 Å². The lowest BCUT2D eigenvalue weighted by molar-refractivity contribution is 0.0950. The number of aryl methyl sites for hydroxylation is 2. The van der Waals surface area contributed by atoms with Gasteiger partial charge in [-0.25, -0.2) is 9.78 Å². The number of carbonyl (C=O) groups excluding carboxylic acids is 2. The van der Waals surface area contributed by atoms with Crippen molar-refractivity contribution in [1.29, 1.82) is 0 Å². The molecule has 0 atom stereocenters. The first-order valence-electron chi connectivity index (χ1n) is 11.5. The van der Waals surface area contributed by atoms with E-state index in [1.54, 1.807) is 22.4 Å². The Hall–Kier alpha value is -3.92. The minimum absolute atomic E-state index is 0.175. The maximum atomic E-state index is 13.2. The van der Waals surface area contributed by atoms with Crippen molar-refractivity contribution in [3.63, 3.8) is 0 Å². The first-order valence-corrected chi connectivity index (χ1v) is 12.3. The highest BCUT2D eigenvalue weighted by Crippen LogP contribution is 2.32. The van der Waals surface area contributed by atoms with Gasteiger partial charge in [-0.05, 0) is 43.7 Å². The Bertz CT molecular complexity index is 1380. The summed E-state index contributed by atoms with van der Waals surface area (Å²) >= 11 is 1.69. The van der Waals surface area contributed by atoms with Crippen LogP contribution in [-0.4, -0.2) is 57.4 Å². The molecule has 3 N–H and O–H groups in total. The Balaban J connectivity index is 1.49. The number of anilines is 1. The monoisotopic (exact) mass is 489 g/mol. The van der Waals surface area contributed by atoms with Crippen LogP contribution in [0.3, 0.4) is 0 Å². The van der Waals surface area contributed by atoms with Crippen molar-refractivity contribution < 1.29 is 9.59 Å². The van der Waals surface area contributed by atoms with E-state index in [1.807, 2.05) is 41.9 Å². The molecule has 35 heavy (non-hydrogen) atoms. The molecule has 1 fully saturated rings. The third-order valence-corrected chi connectivity index (χ3v) is 7.22. The summed E-state index contributed by atoms with van der Waals surface area (Å²) in [5.74, 6) is -0.175. The Kier molecular flexibility index (Phi) is 6.12. The number of piperazine rings is 1. The topological polar surface area (TPSA) is 109 Å². The first-order chi connectivity index (χ1) is 16.9. The number of nitrogens with zero attached hydrogens (tertiary/aromatic N) is 5. The van der Waals surface area contributed by atoms with Crippen molar-refractivity contribution >= 4 is 34.6 Å². The number of carbonyl (C=O) groups is 2. The minimum atomic E-state index is -0.412. The molecule has 180 valence electrons. The number of thiophene rings is 1. The Morgan fingerprint density at radius 2 is 1.86 bits per heavy atom. The Labute approximate surface area is 207 Å². The lowest BCUT2D eigenvalue weighted by atomic mass is 10.2. The number of hydrogen-bond acceptors (Lipinski definition) is 6. The molecule has 3 amide bonds. The smallest absolute Gasteiger partial charge is 0.314 e. The quantitative estimate of drug-likeness (QED) is 0.448. The Morgan fingerprint density at radius 1 is 1.06 bits per heavy atom. The average molecular weight is 490 g/mol. The summed E-state index contributed by atoms with van der Waals surface area (Å²) in [4.78, 5) is 39.9. The largest absolute Gasteiger partial charge is 0.365 e. The van der Waals surface area contributed by atoms with E-state index in [1.165, 1.54) is 4.88 Å². The van der Waals surface area contributed by atoms with Gasteiger partial charge in [-0.2, -0.15) is 0 Å². The standard InChI is InChI=1S/C25H27N7O2S/c1-16-3-5-18(12-27-16)13-29-24(33)19-11-20(30-7-9-31(10-8-30)25(26)34)23-28-14-21(32(23)15-19)22-6-4-17(2)35-22/h3-6,11-12,14-15H,7-10,13H2,1-2H3,(H2,26,34)(H,29,33). The molecule has 4 aromatic rings. The molecule has 1 aliphatic heterocycles. The van der Waals surface area contributed by atoms with Gasteiger partial charge in [-0.15, -0.1) is 11.3 Å². The van der Waals surface area contributed by atoms with E-state index in [2.05, 4.69) is 34.3 Å². The number of rotatable bonds is 5. The molecule has 0 aromatic carbocycles. The van der Waals surface area contributed by atoms with Gasteiger partial charge in [0.25, 0.3) is 5.91 Å². The van der Waals surface area contributed by atoms with Crippen molar-refractivity contribution in [3.05, 3.63) is 70.6 Å². The normalized spacial score (nSPS) is 13.9. The minimum Gasteiger partial charge on any atom is -0.365 e. The van der Waals surface area contributed by atoms with Crippen LogP contribution >= 0.6 is 11.3 Å². The molecule has 5 rings (SSSR count). The summed E-state index contributed by atoms with van der Waals surface area (Å²) in [7, 11) is 0. The van der Waals surface area contributed by atoms with Crippen LogP contribution in [-0.2, 0) is 6.54 Å². The van der Waals surface area contributed by atoms with Gasteiger partial charge in [0.15, 0.2) is 5.65 Å². The summed E-state index contributed by atoms with van der Waals surface area (Å²) < 4.78 is 1.99. The van der Waals surface area contributed by atoms with Gasteiger partial charge in [0, 0.05) is 55.7 Å². The van der Waals surface area contributed by atoms with Crippen molar-refractivity contribution in [1.82, 2.24) is 24.6 Å². The van der Waals surface area contributed by atoms with Crippen molar-refractivity contribution in [2.75, 3.05) is 31.1 Å². The number of nitrogens with one attached hydrogen (secondary N) is 1. The van der Waals surface area contributed by atoms with Crippen LogP contribution < -0.4 is 16.0 Å². The zero-order valence-corrected chi connectivity index (χ0v) is 20.5.